The first-order chi connectivity index (χ1) is 5.55. The summed E-state index contributed by atoms with van der Waals surface area (Å²) in [4.78, 5) is 0. The molecule has 0 aromatic carbocycles. The minimum absolute atomic E-state index is 0.454. The Hall–Kier alpha value is 0. The van der Waals surface area contributed by atoms with Crippen molar-refractivity contribution in [2.24, 2.45) is 11.3 Å². The smallest absolute Gasteiger partial charge is 0.0352 e. The van der Waals surface area contributed by atoms with Crippen molar-refractivity contribution < 1.29 is 0 Å². The van der Waals surface area contributed by atoms with Crippen LogP contribution in [0.3, 0.4) is 0 Å². The average molecular weight is 169 g/mol. The minimum Gasteiger partial charge on any atom is -0.0654 e. The number of hydrogen-bond acceptors (Lipinski definition) is 0. The summed E-state index contributed by atoms with van der Waals surface area (Å²) in [6.45, 7) is 13.3. The quantitative estimate of drug-likeness (QED) is 0.551. The van der Waals surface area contributed by atoms with Gasteiger partial charge in [-0.1, -0.05) is 53.9 Å². The van der Waals surface area contributed by atoms with Crippen LogP contribution >= 0.6 is 0 Å². The van der Waals surface area contributed by atoms with E-state index in [-0.39, 0.29) is 0 Å². The van der Waals surface area contributed by atoms with Crippen LogP contribution in [0.1, 0.15) is 59.8 Å². The highest BCUT2D eigenvalue weighted by Gasteiger charge is 2.19. The fraction of sp³-hybridized carbons (Fsp3) is 0.917. The Kier molecular flexibility index (Phi) is 5.61. The number of hydrogen-bond donors (Lipinski definition) is 0. The molecule has 1 atom stereocenters. The number of rotatable bonds is 6. The highest BCUT2D eigenvalue weighted by atomic mass is 14.2. The van der Waals surface area contributed by atoms with Crippen LogP contribution in [0.4, 0.5) is 0 Å². The van der Waals surface area contributed by atoms with E-state index in [1.807, 2.05) is 0 Å². The van der Waals surface area contributed by atoms with Gasteiger partial charge in [0.15, 0.2) is 0 Å². The van der Waals surface area contributed by atoms with Crippen LogP contribution in [0.15, 0.2) is 0 Å². The monoisotopic (exact) mass is 169 g/mol. The minimum atomic E-state index is 0.454. The van der Waals surface area contributed by atoms with Crippen molar-refractivity contribution >= 4 is 0 Å². The molecule has 1 radical (unpaired) electrons. The fourth-order valence-electron chi connectivity index (χ4n) is 1.74. The van der Waals surface area contributed by atoms with Crippen molar-refractivity contribution in [3.63, 3.8) is 0 Å². The first-order valence-corrected chi connectivity index (χ1v) is 5.35. The van der Waals surface area contributed by atoms with E-state index >= 15 is 0 Å². The van der Waals surface area contributed by atoms with Gasteiger partial charge in [0, 0.05) is 0 Å². The van der Waals surface area contributed by atoms with E-state index in [1.165, 1.54) is 25.7 Å². The van der Waals surface area contributed by atoms with Gasteiger partial charge in [0.25, 0.3) is 0 Å². The molecule has 12 heavy (non-hydrogen) atoms. The summed E-state index contributed by atoms with van der Waals surface area (Å²) in [5, 5.41) is 0. The molecule has 0 saturated heterocycles. The Morgan fingerprint density at radius 2 is 1.83 bits per heavy atom. The van der Waals surface area contributed by atoms with E-state index in [4.69, 9.17) is 0 Å². The molecule has 0 heterocycles. The molecule has 0 aliphatic rings. The predicted octanol–water partition coefficient (Wildman–Crippen LogP) is 4.45. The molecular weight excluding hydrogens is 144 g/mol. The van der Waals surface area contributed by atoms with E-state index in [0.717, 1.165) is 12.3 Å². The zero-order chi connectivity index (χ0) is 9.61. The van der Waals surface area contributed by atoms with Crippen molar-refractivity contribution in [1.29, 1.82) is 0 Å². The molecule has 0 heteroatoms. The molecule has 0 nitrogen and oxygen atoms in total. The zero-order valence-electron chi connectivity index (χ0n) is 9.32. The Bertz CT molecular complexity index is 103. The van der Waals surface area contributed by atoms with Gasteiger partial charge in [-0.05, 0) is 24.2 Å². The van der Waals surface area contributed by atoms with Gasteiger partial charge < -0.3 is 0 Å². The Morgan fingerprint density at radius 1 is 1.25 bits per heavy atom. The first-order valence-electron chi connectivity index (χ1n) is 5.35. The topological polar surface area (TPSA) is 0 Å². The lowest BCUT2D eigenvalue weighted by molar-refractivity contribution is 0.252. The van der Waals surface area contributed by atoms with Crippen molar-refractivity contribution in [2.45, 2.75) is 59.8 Å². The maximum absolute atomic E-state index is 4.00. The van der Waals surface area contributed by atoms with Crippen LogP contribution in [0.5, 0.6) is 0 Å². The second-order valence-corrected chi connectivity index (χ2v) is 4.68. The van der Waals surface area contributed by atoms with Gasteiger partial charge in [0.05, 0.1) is 0 Å². The van der Waals surface area contributed by atoms with E-state index < -0.39 is 0 Å². The average Bonchev–Trinajstić information content (AvgIpc) is 2.03. The van der Waals surface area contributed by atoms with Gasteiger partial charge in [-0.3, -0.25) is 0 Å². The molecule has 1 unspecified atom stereocenters. The molecule has 0 aliphatic carbocycles. The van der Waals surface area contributed by atoms with Crippen LogP contribution in [0.2, 0.25) is 0 Å². The summed E-state index contributed by atoms with van der Waals surface area (Å²) in [5.41, 5.74) is 0.454. The second kappa shape index (κ2) is 5.61. The van der Waals surface area contributed by atoms with E-state index in [0.29, 0.717) is 5.41 Å². The van der Waals surface area contributed by atoms with Crippen LogP contribution in [0.25, 0.3) is 0 Å². The molecule has 0 rings (SSSR count). The molecular formula is C12H25. The molecule has 73 valence electrons. The van der Waals surface area contributed by atoms with Gasteiger partial charge in [-0.2, -0.15) is 0 Å². The zero-order valence-corrected chi connectivity index (χ0v) is 9.32. The van der Waals surface area contributed by atoms with Crippen LogP contribution in [0, 0.1) is 18.3 Å². The first kappa shape index (κ1) is 12.0. The standard InChI is InChI=1S/C12H25/c1-6-9-11(7-2)10-12(4,5)8-3/h11H,3,6-10H2,1-2,4-5H3. The molecule has 0 saturated carbocycles. The lowest BCUT2D eigenvalue weighted by atomic mass is 9.78. The van der Waals surface area contributed by atoms with Gasteiger partial charge in [-0.25, -0.2) is 0 Å². The molecule has 0 bridgehead atoms. The van der Waals surface area contributed by atoms with Gasteiger partial charge >= 0.3 is 0 Å². The Labute approximate surface area is 78.8 Å². The lowest BCUT2D eigenvalue weighted by Gasteiger charge is -2.27. The van der Waals surface area contributed by atoms with Crippen molar-refractivity contribution in [2.75, 3.05) is 0 Å². The summed E-state index contributed by atoms with van der Waals surface area (Å²) in [6.07, 6.45) is 6.46. The molecule has 0 aromatic rings. The summed E-state index contributed by atoms with van der Waals surface area (Å²) >= 11 is 0. The maximum Gasteiger partial charge on any atom is -0.0352 e. The molecule has 0 N–H and O–H groups in total. The van der Waals surface area contributed by atoms with E-state index in [9.17, 15) is 0 Å². The van der Waals surface area contributed by atoms with Crippen molar-refractivity contribution in [1.82, 2.24) is 0 Å². The third-order valence-electron chi connectivity index (χ3n) is 2.79. The van der Waals surface area contributed by atoms with Gasteiger partial charge in [0.2, 0.25) is 0 Å². The lowest BCUT2D eigenvalue weighted by Crippen LogP contribution is -2.15. The van der Waals surface area contributed by atoms with Crippen LogP contribution in [-0.4, -0.2) is 0 Å². The Morgan fingerprint density at radius 3 is 2.17 bits per heavy atom. The fourth-order valence-corrected chi connectivity index (χ4v) is 1.74. The summed E-state index contributed by atoms with van der Waals surface area (Å²) in [7, 11) is 0. The summed E-state index contributed by atoms with van der Waals surface area (Å²) < 4.78 is 0. The second-order valence-electron chi connectivity index (χ2n) is 4.68. The Balaban J connectivity index is 3.83. The van der Waals surface area contributed by atoms with Crippen molar-refractivity contribution in [3.8, 4) is 0 Å². The summed E-state index contributed by atoms with van der Waals surface area (Å²) in [6, 6.07) is 0. The highest BCUT2D eigenvalue weighted by Crippen LogP contribution is 2.32. The highest BCUT2D eigenvalue weighted by molar-refractivity contribution is 4.73. The third-order valence-corrected chi connectivity index (χ3v) is 2.79. The molecule has 0 spiro atoms. The van der Waals surface area contributed by atoms with Gasteiger partial charge in [-0.15, -0.1) is 0 Å². The third kappa shape index (κ3) is 4.79. The van der Waals surface area contributed by atoms with Crippen LogP contribution < -0.4 is 0 Å². The van der Waals surface area contributed by atoms with E-state index in [2.05, 4.69) is 34.6 Å². The molecule has 0 aliphatic heterocycles. The molecule has 0 fully saturated rings. The molecule has 0 aromatic heterocycles. The normalized spacial score (nSPS) is 14.8. The largest absolute Gasteiger partial charge is 0.0654 e. The molecule has 0 amide bonds. The van der Waals surface area contributed by atoms with Crippen molar-refractivity contribution in [3.05, 3.63) is 6.92 Å². The van der Waals surface area contributed by atoms with Gasteiger partial charge in [0.1, 0.15) is 0 Å². The SMILES string of the molecule is [CH2]CC(C)(C)CC(CC)CCC. The maximum atomic E-state index is 4.00. The predicted molar refractivity (Wildman–Crippen MR) is 57.1 cm³/mol. The summed E-state index contributed by atoms with van der Waals surface area (Å²) in [5.74, 6) is 0.923. The van der Waals surface area contributed by atoms with E-state index in [1.54, 1.807) is 0 Å². The van der Waals surface area contributed by atoms with Crippen LogP contribution in [-0.2, 0) is 0 Å².